The van der Waals surface area contributed by atoms with Gasteiger partial charge in [0.1, 0.15) is 0 Å². The maximum absolute atomic E-state index is 13.8. The summed E-state index contributed by atoms with van der Waals surface area (Å²) < 4.78 is 46.6. The zero-order valence-electron chi connectivity index (χ0n) is 17.5. The highest BCUT2D eigenvalue weighted by Crippen LogP contribution is 2.56. The van der Waals surface area contributed by atoms with Crippen molar-refractivity contribution in [2.45, 2.75) is 63.1 Å². The molecule has 5 aliphatic rings. The average molecular weight is 438 g/mol. The van der Waals surface area contributed by atoms with Crippen LogP contribution in [0.25, 0.3) is 0 Å². The van der Waals surface area contributed by atoms with Crippen molar-refractivity contribution in [1.82, 2.24) is 15.3 Å². The van der Waals surface area contributed by atoms with Gasteiger partial charge in [0.05, 0.1) is 5.56 Å². The molecule has 6 nitrogen and oxygen atoms in total. The Kier molecular flexibility index (Phi) is 5.35. The number of halogens is 3. The Balaban J connectivity index is 1.33. The number of amides is 1. The van der Waals surface area contributed by atoms with Gasteiger partial charge in [0.2, 0.25) is 5.95 Å². The molecule has 4 bridgehead atoms. The molecule has 0 spiro atoms. The number of nitrogens with one attached hydrogen (secondary N) is 2. The zero-order valence-corrected chi connectivity index (χ0v) is 17.5. The van der Waals surface area contributed by atoms with Gasteiger partial charge >= 0.3 is 6.18 Å². The van der Waals surface area contributed by atoms with Crippen molar-refractivity contribution in [3.63, 3.8) is 0 Å². The van der Waals surface area contributed by atoms with Gasteiger partial charge < -0.3 is 15.4 Å². The molecule has 5 fully saturated rings. The van der Waals surface area contributed by atoms with Crippen molar-refractivity contribution in [3.05, 3.63) is 17.5 Å². The molecule has 4 saturated carbocycles. The second kappa shape index (κ2) is 7.90. The molecule has 31 heavy (non-hydrogen) atoms. The molecule has 2 N–H and O–H groups in total. The summed E-state index contributed by atoms with van der Waals surface area (Å²) in [6, 6.07) is 0. The van der Waals surface area contributed by atoms with Crippen molar-refractivity contribution >= 4 is 11.9 Å². The lowest BCUT2D eigenvalue weighted by Gasteiger charge is -2.56. The molecule has 6 rings (SSSR count). The summed E-state index contributed by atoms with van der Waals surface area (Å²) in [6.45, 7) is 1.55. The van der Waals surface area contributed by atoms with Gasteiger partial charge in [0, 0.05) is 31.5 Å². The molecular formula is C22H29F3N4O2. The first kappa shape index (κ1) is 21.0. The Labute approximate surface area is 179 Å². The quantitative estimate of drug-likeness (QED) is 0.726. The van der Waals surface area contributed by atoms with E-state index in [-0.39, 0.29) is 17.4 Å². The molecule has 0 aromatic carbocycles. The van der Waals surface area contributed by atoms with Crippen LogP contribution in [-0.4, -0.2) is 41.2 Å². The van der Waals surface area contributed by atoms with Gasteiger partial charge in [-0.2, -0.15) is 13.2 Å². The monoisotopic (exact) mass is 438 g/mol. The van der Waals surface area contributed by atoms with Crippen LogP contribution in [0.3, 0.4) is 0 Å². The molecule has 1 aromatic rings. The fourth-order valence-electron chi connectivity index (χ4n) is 6.61. The molecule has 0 radical (unpaired) electrons. The topological polar surface area (TPSA) is 76.1 Å². The number of carbonyl (C=O) groups is 1. The van der Waals surface area contributed by atoms with Gasteiger partial charge in [-0.15, -0.1) is 0 Å². The smallest absolute Gasteiger partial charge is 0.381 e. The predicted octanol–water partition coefficient (Wildman–Crippen LogP) is 4.03. The largest absolute Gasteiger partial charge is 0.434 e. The van der Waals surface area contributed by atoms with E-state index in [9.17, 15) is 18.0 Å². The van der Waals surface area contributed by atoms with Crippen LogP contribution in [0.2, 0.25) is 0 Å². The molecule has 1 amide bonds. The molecular weight excluding hydrogens is 409 g/mol. The summed E-state index contributed by atoms with van der Waals surface area (Å²) in [5.74, 6) is 1.36. The summed E-state index contributed by atoms with van der Waals surface area (Å²) in [6.07, 6.45) is 4.49. The summed E-state index contributed by atoms with van der Waals surface area (Å²) in [4.78, 5) is 20.5. The summed E-state index contributed by atoms with van der Waals surface area (Å²) in [5, 5.41) is 5.91. The first-order chi connectivity index (χ1) is 14.8. The summed E-state index contributed by atoms with van der Waals surface area (Å²) >= 11 is 0. The molecule has 1 aromatic heterocycles. The van der Waals surface area contributed by atoms with Crippen LogP contribution < -0.4 is 10.6 Å². The fraction of sp³-hybridized carbons (Fsp3) is 0.773. The normalized spacial score (nSPS) is 32.8. The van der Waals surface area contributed by atoms with Crippen molar-refractivity contribution in [2.24, 2.45) is 23.7 Å². The minimum atomic E-state index is -4.73. The number of alkyl halides is 3. The molecule has 1 aliphatic heterocycles. The Hall–Kier alpha value is -1.90. The van der Waals surface area contributed by atoms with Gasteiger partial charge in [-0.05, 0) is 75.0 Å². The molecule has 1 saturated heterocycles. The van der Waals surface area contributed by atoms with E-state index in [1.807, 2.05) is 0 Å². The number of nitrogens with zero attached hydrogens (tertiary/aromatic N) is 2. The number of hydrogen-bond acceptors (Lipinski definition) is 5. The first-order valence-corrected chi connectivity index (χ1v) is 11.4. The van der Waals surface area contributed by atoms with E-state index in [4.69, 9.17) is 4.74 Å². The lowest BCUT2D eigenvalue weighted by atomic mass is 9.53. The van der Waals surface area contributed by atoms with Crippen LogP contribution in [0.15, 0.2) is 6.20 Å². The molecule has 9 heteroatoms. The Morgan fingerprint density at radius 1 is 1.10 bits per heavy atom. The standard InChI is InChI=1S/C22H29F3N4O2/c23-22(24,25)18-17(19(30)26-11-13-1-3-31-4-2-13)12-27-20(28-18)29-21-8-14-5-15(9-21)7-16(6-14)10-21/h12-16H,1-11H2,(H,26,30)(H,27,28,29). The van der Waals surface area contributed by atoms with Crippen LogP contribution in [0.5, 0.6) is 0 Å². The Morgan fingerprint density at radius 3 is 2.29 bits per heavy atom. The number of hydrogen-bond donors (Lipinski definition) is 2. The Morgan fingerprint density at radius 2 is 1.71 bits per heavy atom. The minimum Gasteiger partial charge on any atom is -0.381 e. The zero-order chi connectivity index (χ0) is 21.6. The lowest BCUT2D eigenvalue weighted by molar-refractivity contribution is -0.141. The van der Waals surface area contributed by atoms with E-state index in [1.165, 1.54) is 19.3 Å². The maximum atomic E-state index is 13.8. The SMILES string of the molecule is O=C(NCC1CCOCC1)c1cnc(NC23CC4CC(CC(C4)C2)C3)nc1C(F)(F)F. The van der Waals surface area contributed by atoms with Crippen LogP contribution in [-0.2, 0) is 10.9 Å². The van der Waals surface area contributed by atoms with Crippen LogP contribution in [0.1, 0.15) is 67.4 Å². The van der Waals surface area contributed by atoms with Gasteiger partial charge in [-0.25, -0.2) is 9.97 Å². The average Bonchev–Trinajstić information content (AvgIpc) is 2.71. The Bertz CT molecular complexity index is 803. The molecule has 0 atom stereocenters. The van der Waals surface area contributed by atoms with E-state index in [0.29, 0.717) is 37.5 Å². The third kappa shape index (κ3) is 4.38. The summed E-state index contributed by atoms with van der Waals surface area (Å²) in [7, 11) is 0. The van der Waals surface area contributed by atoms with Crippen LogP contribution in [0.4, 0.5) is 19.1 Å². The molecule has 170 valence electrons. The van der Waals surface area contributed by atoms with Gasteiger partial charge in [-0.1, -0.05) is 0 Å². The predicted molar refractivity (Wildman–Crippen MR) is 107 cm³/mol. The highest BCUT2D eigenvalue weighted by Gasteiger charge is 2.51. The highest BCUT2D eigenvalue weighted by atomic mass is 19.4. The van der Waals surface area contributed by atoms with Crippen molar-refractivity contribution in [1.29, 1.82) is 0 Å². The van der Waals surface area contributed by atoms with Gasteiger partial charge in [0.15, 0.2) is 5.69 Å². The van der Waals surface area contributed by atoms with Crippen LogP contribution in [0, 0.1) is 23.7 Å². The highest BCUT2D eigenvalue weighted by molar-refractivity contribution is 5.95. The van der Waals surface area contributed by atoms with E-state index in [0.717, 1.165) is 38.3 Å². The maximum Gasteiger partial charge on any atom is 0.434 e. The minimum absolute atomic E-state index is 0.0183. The van der Waals surface area contributed by atoms with E-state index < -0.39 is 23.3 Å². The fourth-order valence-corrected chi connectivity index (χ4v) is 6.61. The second-order valence-electron chi connectivity index (χ2n) is 10.0. The third-order valence-corrected chi connectivity index (χ3v) is 7.61. The van der Waals surface area contributed by atoms with Gasteiger partial charge in [-0.3, -0.25) is 4.79 Å². The molecule has 0 unspecified atom stereocenters. The molecule has 2 heterocycles. The van der Waals surface area contributed by atoms with E-state index >= 15 is 0 Å². The van der Waals surface area contributed by atoms with E-state index in [2.05, 4.69) is 20.6 Å². The number of carbonyl (C=O) groups excluding carboxylic acids is 1. The first-order valence-electron chi connectivity index (χ1n) is 11.4. The van der Waals surface area contributed by atoms with Crippen molar-refractivity contribution in [2.75, 3.05) is 25.1 Å². The third-order valence-electron chi connectivity index (χ3n) is 7.61. The van der Waals surface area contributed by atoms with Crippen molar-refractivity contribution in [3.8, 4) is 0 Å². The second-order valence-corrected chi connectivity index (χ2v) is 10.0. The lowest BCUT2D eigenvalue weighted by Crippen LogP contribution is -2.55. The van der Waals surface area contributed by atoms with Crippen molar-refractivity contribution < 1.29 is 22.7 Å². The number of aromatic nitrogens is 2. The number of anilines is 1. The number of rotatable bonds is 5. The number of ether oxygens (including phenoxy) is 1. The van der Waals surface area contributed by atoms with Crippen LogP contribution >= 0.6 is 0 Å². The summed E-state index contributed by atoms with van der Waals surface area (Å²) in [5.41, 5.74) is -1.89. The molecule has 4 aliphatic carbocycles. The van der Waals surface area contributed by atoms with Gasteiger partial charge in [0.25, 0.3) is 5.91 Å². The van der Waals surface area contributed by atoms with E-state index in [1.54, 1.807) is 0 Å².